The molecule has 0 bridgehead atoms. The summed E-state index contributed by atoms with van der Waals surface area (Å²) < 4.78 is 1.04. The quantitative estimate of drug-likeness (QED) is 0.784. The fourth-order valence-electron chi connectivity index (χ4n) is 1.61. The molecule has 1 heterocycles. The lowest BCUT2D eigenvalue weighted by Crippen LogP contribution is -2.05. The van der Waals surface area contributed by atoms with Crippen molar-refractivity contribution in [3.8, 4) is 0 Å². The molecule has 1 N–H and O–H groups in total. The summed E-state index contributed by atoms with van der Waals surface area (Å²) in [7, 11) is 0. The van der Waals surface area contributed by atoms with E-state index in [0.717, 1.165) is 22.8 Å². The molecule has 1 aromatic heterocycles. The standard InChI is InChI=1S/C13H21BrN2/c1-10(2)6-4-5-7-15-13-11(3)8-12(14)9-16-13/h8-10H,4-7H2,1-3H3,(H,15,16). The summed E-state index contributed by atoms with van der Waals surface area (Å²) in [4.78, 5) is 4.35. The molecule has 0 aliphatic rings. The normalized spacial score (nSPS) is 10.8. The second-order valence-corrected chi connectivity index (χ2v) is 5.55. The van der Waals surface area contributed by atoms with Gasteiger partial charge in [0.15, 0.2) is 0 Å². The molecule has 0 fully saturated rings. The Morgan fingerprint density at radius 3 is 2.75 bits per heavy atom. The highest BCUT2D eigenvalue weighted by Gasteiger charge is 2.00. The van der Waals surface area contributed by atoms with Gasteiger partial charge in [-0.05, 0) is 46.8 Å². The highest BCUT2D eigenvalue weighted by Crippen LogP contribution is 2.16. The molecule has 0 unspecified atom stereocenters. The van der Waals surface area contributed by atoms with Crippen molar-refractivity contribution in [3.63, 3.8) is 0 Å². The van der Waals surface area contributed by atoms with Gasteiger partial charge < -0.3 is 5.32 Å². The van der Waals surface area contributed by atoms with Crippen LogP contribution in [0.5, 0.6) is 0 Å². The molecule has 0 spiro atoms. The van der Waals surface area contributed by atoms with Gasteiger partial charge in [-0.25, -0.2) is 4.98 Å². The molecule has 1 aromatic rings. The highest BCUT2D eigenvalue weighted by molar-refractivity contribution is 9.10. The number of rotatable bonds is 6. The first-order valence-electron chi connectivity index (χ1n) is 5.95. The molecule has 0 aromatic carbocycles. The third-order valence-electron chi connectivity index (χ3n) is 2.55. The van der Waals surface area contributed by atoms with E-state index in [9.17, 15) is 0 Å². The number of nitrogens with one attached hydrogen (secondary N) is 1. The summed E-state index contributed by atoms with van der Waals surface area (Å²) in [5.74, 6) is 1.82. The van der Waals surface area contributed by atoms with Crippen LogP contribution in [0.4, 0.5) is 5.82 Å². The largest absolute Gasteiger partial charge is 0.370 e. The van der Waals surface area contributed by atoms with Crippen molar-refractivity contribution in [2.45, 2.75) is 40.0 Å². The number of halogens is 1. The predicted octanol–water partition coefficient (Wildman–Crippen LogP) is 4.39. The first-order valence-corrected chi connectivity index (χ1v) is 6.75. The second kappa shape index (κ2) is 6.89. The van der Waals surface area contributed by atoms with Crippen LogP contribution in [0.1, 0.15) is 38.7 Å². The summed E-state index contributed by atoms with van der Waals surface area (Å²) in [6.07, 6.45) is 5.66. The molecule has 1 rings (SSSR count). The molecule has 0 aliphatic heterocycles. The zero-order valence-electron chi connectivity index (χ0n) is 10.4. The van der Waals surface area contributed by atoms with E-state index in [0.29, 0.717) is 0 Å². The molecular weight excluding hydrogens is 264 g/mol. The fourth-order valence-corrected chi connectivity index (χ4v) is 2.06. The van der Waals surface area contributed by atoms with Gasteiger partial charge in [-0.1, -0.05) is 26.7 Å². The third-order valence-corrected chi connectivity index (χ3v) is 2.98. The van der Waals surface area contributed by atoms with Crippen LogP contribution < -0.4 is 5.32 Å². The lowest BCUT2D eigenvalue weighted by atomic mass is 10.1. The number of pyridine rings is 1. The van der Waals surface area contributed by atoms with Crippen LogP contribution in [0.25, 0.3) is 0 Å². The Morgan fingerprint density at radius 2 is 2.12 bits per heavy atom. The highest BCUT2D eigenvalue weighted by atomic mass is 79.9. The third kappa shape index (κ3) is 4.97. The molecule has 16 heavy (non-hydrogen) atoms. The van der Waals surface area contributed by atoms with Crippen LogP contribution in [0.2, 0.25) is 0 Å². The molecule has 0 aliphatic carbocycles. The van der Waals surface area contributed by atoms with Gasteiger partial charge in [0.1, 0.15) is 5.82 Å². The van der Waals surface area contributed by atoms with Gasteiger partial charge in [0.2, 0.25) is 0 Å². The lowest BCUT2D eigenvalue weighted by Gasteiger charge is -2.09. The summed E-state index contributed by atoms with van der Waals surface area (Å²) in [5, 5.41) is 3.38. The average Bonchev–Trinajstić information content (AvgIpc) is 2.20. The number of anilines is 1. The maximum Gasteiger partial charge on any atom is 0.128 e. The van der Waals surface area contributed by atoms with Crippen molar-refractivity contribution < 1.29 is 0 Å². The maximum absolute atomic E-state index is 4.35. The molecule has 2 nitrogen and oxygen atoms in total. The molecule has 0 amide bonds. The van der Waals surface area contributed by atoms with Crippen LogP contribution in [-0.2, 0) is 0 Å². The summed E-state index contributed by atoms with van der Waals surface area (Å²) >= 11 is 3.41. The number of aryl methyl sites for hydroxylation is 1. The smallest absolute Gasteiger partial charge is 0.128 e. The van der Waals surface area contributed by atoms with Gasteiger partial charge in [0.05, 0.1) is 0 Å². The zero-order valence-corrected chi connectivity index (χ0v) is 12.0. The topological polar surface area (TPSA) is 24.9 Å². The van der Waals surface area contributed by atoms with Crippen LogP contribution in [0, 0.1) is 12.8 Å². The Kier molecular flexibility index (Phi) is 5.81. The van der Waals surface area contributed by atoms with Crippen LogP contribution >= 0.6 is 15.9 Å². The SMILES string of the molecule is Cc1cc(Br)cnc1NCCCCC(C)C. The fraction of sp³-hybridized carbons (Fsp3) is 0.615. The van der Waals surface area contributed by atoms with Crippen LogP contribution in [-0.4, -0.2) is 11.5 Å². The molecule has 0 atom stereocenters. The van der Waals surface area contributed by atoms with E-state index in [1.54, 1.807) is 0 Å². The minimum Gasteiger partial charge on any atom is -0.370 e. The average molecular weight is 285 g/mol. The van der Waals surface area contributed by atoms with Gasteiger partial charge in [-0.3, -0.25) is 0 Å². The second-order valence-electron chi connectivity index (χ2n) is 4.64. The summed E-state index contributed by atoms with van der Waals surface area (Å²) in [6.45, 7) is 7.64. The molecular formula is C13H21BrN2. The lowest BCUT2D eigenvalue weighted by molar-refractivity contribution is 0.544. The van der Waals surface area contributed by atoms with E-state index < -0.39 is 0 Å². The monoisotopic (exact) mass is 284 g/mol. The number of hydrogen-bond donors (Lipinski definition) is 1. The van der Waals surface area contributed by atoms with Gasteiger partial charge in [-0.2, -0.15) is 0 Å². The Bertz CT molecular complexity index is 324. The molecule has 0 radical (unpaired) electrons. The van der Waals surface area contributed by atoms with Crippen LogP contribution in [0.3, 0.4) is 0 Å². The maximum atomic E-state index is 4.35. The minimum atomic E-state index is 0.813. The first kappa shape index (κ1) is 13.5. The van der Waals surface area contributed by atoms with E-state index in [1.807, 2.05) is 6.20 Å². The van der Waals surface area contributed by atoms with Gasteiger partial charge in [0, 0.05) is 17.2 Å². The number of unbranched alkanes of at least 4 members (excludes halogenated alkanes) is 1. The first-order chi connectivity index (χ1) is 7.59. The Morgan fingerprint density at radius 1 is 1.38 bits per heavy atom. The van der Waals surface area contributed by atoms with E-state index >= 15 is 0 Å². The number of hydrogen-bond acceptors (Lipinski definition) is 2. The molecule has 0 saturated heterocycles. The van der Waals surface area contributed by atoms with Crippen molar-refractivity contribution in [3.05, 3.63) is 22.3 Å². The zero-order chi connectivity index (χ0) is 12.0. The van der Waals surface area contributed by atoms with Crippen molar-refractivity contribution in [1.82, 2.24) is 4.98 Å². The van der Waals surface area contributed by atoms with Crippen molar-refractivity contribution >= 4 is 21.7 Å². The van der Waals surface area contributed by atoms with Crippen molar-refractivity contribution in [1.29, 1.82) is 0 Å². The molecule has 90 valence electrons. The molecule has 3 heteroatoms. The number of aromatic nitrogens is 1. The summed E-state index contributed by atoms with van der Waals surface area (Å²) in [6, 6.07) is 2.09. The van der Waals surface area contributed by atoms with Crippen molar-refractivity contribution in [2.24, 2.45) is 5.92 Å². The number of nitrogens with zero attached hydrogens (tertiary/aromatic N) is 1. The van der Waals surface area contributed by atoms with E-state index in [2.05, 4.69) is 53.1 Å². The minimum absolute atomic E-state index is 0.813. The molecule has 0 saturated carbocycles. The summed E-state index contributed by atoms with van der Waals surface area (Å²) in [5.41, 5.74) is 1.19. The van der Waals surface area contributed by atoms with E-state index in [1.165, 1.54) is 24.8 Å². The van der Waals surface area contributed by atoms with Crippen LogP contribution in [0.15, 0.2) is 16.7 Å². The Balaban J connectivity index is 2.27. The van der Waals surface area contributed by atoms with Gasteiger partial charge in [-0.15, -0.1) is 0 Å². The Hall–Kier alpha value is -0.570. The van der Waals surface area contributed by atoms with Gasteiger partial charge >= 0.3 is 0 Å². The van der Waals surface area contributed by atoms with E-state index in [4.69, 9.17) is 0 Å². The van der Waals surface area contributed by atoms with Gasteiger partial charge in [0.25, 0.3) is 0 Å². The predicted molar refractivity (Wildman–Crippen MR) is 73.9 cm³/mol. The van der Waals surface area contributed by atoms with Crippen molar-refractivity contribution in [2.75, 3.05) is 11.9 Å². The Labute approximate surface area is 107 Å². The van der Waals surface area contributed by atoms with E-state index in [-0.39, 0.29) is 0 Å².